The first-order valence-electron chi connectivity index (χ1n) is 4.72. The van der Waals surface area contributed by atoms with Gasteiger partial charge in [-0.2, -0.15) is 0 Å². The number of nitrogens with zero attached hydrogens (tertiary/aromatic N) is 1. The first-order chi connectivity index (χ1) is 6.35. The van der Waals surface area contributed by atoms with Crippen LogP contribution >= 0.6 is 0 Å². The molecular formula is C10H19NO2. The molecule has 3 heteroatoms. The van der Waals surface area contributed by atoms with Crippen LogP contribution in [0.1, 0.15) is 13.8 Å². The standard InChI is InChI=1S/C10H19NO2/c1-4-11(5-2)7-8-13-10-9-12-6-3/h3H,4-5,7-10H2,1-2H3. The molecule has 13 heavy (non-hydrogen) atoms. The number of hydrogen-bond acceptors (Lipinski definition) is 3. The third-order valence-corrected chi connectivity index (χ3v) is 1.86. The molecule has 0 aliphatic rings. The van der Waals surface area contributed by atoms with Gasteiger partial charge in [0.15, 0.2) is 0 Å². The molecule has 0 aliphatic carbocycles. The Balaban J connectivity index is 3.11. The zero-order chi connectivity index (χ0) is 9.94. The van der Waals surface area contributed by atoms with Gasteiger partial charge in [0.1, 0.15) is 12.7 Å². The molecule has 0 spiro atoms. The van der Waals surface area contributed by atoms with Gasteiger partial charge in [-0.3, -0.25) is 0 Å². The van der Waals surface area contributed by atoms with Crippen molar-refractivity contribution < 1.29 is 9.47 Å². The molecule has 76 valence electrons. The van der Waals surface area contributed by atoms with Crippen LogP contribution in [0.3, 0.4) is 0 Å². The van der Waals surface area contributed by atoms with Gasteiger partial charge in [-0.25, -0.2) is 0 Å². The molecule has 0 amide bonds. The van der Waals surface area contributed by atoms with Gasteiger partial charge < -0.3 is 14.4 Å². The first-order valence-corrected chi connectivity index (χ1v) is 4.72. The van der Waals surface area contributed by atoms with E-state index in [-0.39, 0.29) is 0 Å². The molecule has 0 unspecified atom stereocenters. The zero-order valence-electron chi connectivity index (χ0n) is 8.58. The van der Waals surface area contributed by atoms with Crippen LogP contribution in [0.5, 0.6) is 0 Å². The molecular weight excluding hydrogens is 166 g/mol. The topological polar surface area (TPSA) is 21.7 Å². The highest BCUT2D eigenvalue weighted by Crippen LogP contribution is 1.86. The molecule has 0 aromatic carbocycles. The Bertz CT molecular complexity index is 138. The molecule has 0 saturated heterocycles. The van der Waals surface area contributed by atoms with Crippen molar-refractivity contribution in [2.75, 3.05) is 39.5 Å². The van der Waals surface area contributed by atoms with E-state index >= 15 is 0 Å². The average Bonchev–Trinajstić information content (AvgIpc) is 2.17. The molecule has 0 aromatic heterocycles. The summed E-state index contributed by atoms with van der Waals surface area (Å²) in [6.07, 6.45) is 7.00. The third-order valence-electron chi connectivity index (χ3n) is 1.86. The highest BCUT2D eigenvalue weighted by molar-refractivity contribution is 4.67. The number of likely N-dealkylation sites (N-methyl/N-ethyl adjacent to an activating group) is 1. The van der Waals surface area contributed by atoms with Crippen LogP contribution in [0.2, 0.25) is 0 Å². The molecule has 0 heterocycles. The van der Waals surface area contributed by atoms with Crippen molar-refractivity contribution >= 4 is 0 Å². The van der Waals surface area contributed by atoms with E-state index in [1.165, 1.54) is 0 Å². The van der Waals surface area contributed by atoms with E-state index in [2.05, 4.69) is 29.6 Å². The molecule has 0 bridgehead atoms. The Hall–Kier alpha value is -0.720. The molecule has 0 saturated carbocycles. The lowest BCUT2D eigenvalue weighted by Crippen LogP contribution is -2.27. The second-order valence-electron chi connectivity index (χ2n) is 2.61. The van der Waals surface area contributed by atoms with Crippen molar-refractivity contribution in [2.45, 2.75) is 13.8 Å². The summed E-state index contributed by atoms with van der Waals surface area (Å²) in [4.78, 5) is 2.31. The minimum atomic E-state index is 0.481. The Morgan fingerprint density at radius 2 is 1.85 bits per heavy atom. The van der Waals surface area contributed by atoms with Gasteiger partial charge in [-0.15, -0.1) is 0 Å². The summed E-state index contributed by atoms with van der Waals surface area (Å²) in [6, 6.07) is 0. The SMILES string of the molecule is C#COCCOCCN(CC)CC. The van der Waals surface area contributed by atoms with Gasteiger partial charge >= 0.3 is 0 Å². The highest BCUT2D eigenvalue weighted by atomic mass is 16.5. The van der Waals surface area contributed by atoms with Crippen LogP contribution in [-0.4, -0.2) is 44.4 Å². The van der Waals surface area contributed by atoms with E-state index in [9.17, 15) is 0 Å². The lowest BCUT2D eigenvalue weighted by Gasteiger charge is -2.17. The second kappa shape index (κ2) is 9.37. The second-order valence-corrected chi connectivity index (χ2v) is 2.61. The predicted octanol–water partition coefficient (Wildman–Crippen LogP) is 0.952. The maximum absolute atomic E-state index is 5.31. The number of rotatable bonds is 8. The summed E-state index contributed by atoms with van der Waals surface area (Å²) in [5, 5.41) is 0. The van der Waals surface area contributed by atoms with Gasteiger partial charge in [-0.1, -0.05) is 20.3 Å². The van der Waals surface area contributed by atoms with E-state index in [1.54, 1.807) is 0 Å². The van der Waals surface area contributed by atoms with Gasteiger partial charge in [0.05, 0.1) is 13.2 Å². The van der Waals surface area contributed by atoms with Crippen molar-refractivity contribution in [1.29, 1.82) is 0 Å². The summed E-state index contributed by atoms with van der Waals surface area (Å²) >= 11 is 0. The first kappa shape index (κ1) is 12.3. The number of hydrogen-bond donors (Lipinski definition) is 0. The fourth-order valence-electron chi connectivity index (χ4n) is 0.995. The molecule has 0 aliphatic heterocycles. The quantitative estimate of drug-likeness (QED) is 0.415. The fourth-order valence-corrected chi connectivity index (χ4v) is 0.995. The average molecular weight is 185 g/mol. The van der Waals surface area contributed by atoms with Crippen LogP contribution < -0.4 is 0 Å². The summed E-state index contributed by atoms with van der Waals surface area (Å²) in [7, 11) is 0. The summed E-state index contributed by atoms with van der Waals surface area (Å²) in [5.41, 5.74) is 0. The van der Waals surface area contributed by atoms with E-state index in [4.69, 9.17) is 11.2 Å². The fraction of sp³-hybridized carbons (Fsp3) is 0.800. The molecule has 0 N–H and O–H groups in total. The Morgan fingerprint density at radius 3 is 2.38 bits per heavy atom. The molecule has 0 aromatic rings. The van der Waals surface area contributed by atoms with Crippen LogP contribution in [0, 0.1) is 12.5 Å². The zero-order valence-corrected chi connectivity index (χ0v) is 8.58. The molecule has 3 nitrogen and oxygen atoms in total. The highest BCUT2D eigenvalue weighted by Gasteiger charge is 1.97. The number of ether oxygens (including phenoxy) is 2. The van der Waals surface area contributed by atoms with Crippen LogP contribution in [-0.2, 0) is 9.47 Å². The maximum Gasteiger partial charge on any atom is 0.123 e. The van der Waals surface area contributed by atoms with Crippen molar-refractivity contribution in [1.82, 2.24) is 4.90 Å². The molecule has 0 rings (SSSR count). The van der Waals surface area contributed by atoms with Gasteiger partial charge in [0.2, 0.25) is 0 Å². The summed E-state index contributed by atoms with van der Waals surface area (Å²) < 4.78 is 9.99. The summed E-state index contributed by atoms with van der Waals surface area (Å²) in [5.74, 6) is 0. The largest absolute Gasteiger partial charge is 0.444 e. The lowest BCUT2D eigenvalue weighted by atomic mass is 10.5. The smallest absolute Gasteiger partial charge is 0.123 e. The van der Waals surface area contributed by atoms with Gasteiger partial charge in [0.25, 0.3) is 0 Å². The predicted molar refractivity (Wildman–Crippen MR) is 53.4 cm³/mol. The van der Waals surface area contributed by atoms with Gasteiger partial charge in [-0.05, 0) is 13.1 Å². The van der Waals surface area contributed by atoms with E-state index in [0.29, 0.717) is 13.2 Å². The molecule has 0 radical (unpaired) electrons. The van der Waals surface area contributed by atoms with Crippen molar-refractivity contribution in [3.8, 4) is 12.5 Å². The van der Waals surface area contributed by atoms with Crippen molar-refractivity contribution in [3.63, 3.8) is 0 Å². The van der Waals surface area contributed by atoms with Crippen LogP contribution in [0.4, 0.5) is 0 Å². The normalized spacial score (nSPS) is 10.0. The van der Waals surface area contributed by atoms with E-state index < -0.39 is 0 Å². The van der Waals surface area contributed by atoms with Crippen molar-refractivity contribution in [2.24, 2.45) is 0 Å². The molecule has 0 atom stereocenters. The molecule has 0 fully saturated rings. The number of terminal acetylenes is 1. The Labute approximate surface area is 81.0 Å². The Kier molecular flexibility index (Phi) is 8.85. The maximum atomic E-state index is 5.31. The Morgan fingerprint density at radius 1 is 1.15 bits per heavy atom. The minimum Gasteiger partial charge on any atom is -0.444 e. The van der Waals surface area contributed by atoms with Crippen LogP contribution in [0.15, 0.2) is 0 Å². The van der Waals surface area contributed by atoms with Crippen LogP contribution in [0.25, 0.3) is 0 Å². The monoisotopic (exact) mass is 185 g/mol. The van der Waals surface area contributed by atoms with E-state index in [0.717, 1.165) is 26.2 Å². The van der Waals surface area contributed by atoms with Crippen molar-refractivity contribution in [3.05, 3.63) is 0 Å². The minimum absolute atomic E-state index is 0.481. The lowest BCUT2D eigenvalue weighted by molar-refractivity contribution is 0.0749. The summed E-state index contributed by atoms with van der Waals surface area (Å²) in [6.45, 7) is 9.20. The van der Waals surface area contributed by atoms with E-state index in [1.807, 2.05) is 0 Å². The third kappa shape index (κ3) is 7.63. The van der Waals surface area contributed by atoms with Gasteiger partial charge in [0, 0.05) is 6.54 Å².